The second-order valence-corrected chi connectivity index (χ2v) is 8.57. The first-order chi connectivity index (χ1) is 13.4. The Kier molecular flexibility index (Phi) is 6.51. The van der Waals surface area contributed by atoms with Crippen LogP contribution in [-0.2, 0) is 11.3 Å². The number of hydrogen-bond acceptors (Lipinski definition) is 5. The van der Waals surface area contributed by atoms with Gasteiger partial charge in [-0.1, -0.05) is 37.7 Å². The number of nitrogens with zero attached hydrogens (tertiary/aromatic N) is 2. The standard InChI is InChI=1S/C20H22FN3O2S2/c1-4-24-19(26)18-15(9-10-27-18)22-20(24)28-11-16(25)23-17(12(2)3)13-5-7-14(21)8-6-13/h5-10,12,17H,4,11H2,1-3H3,(H,23,25). The summed E-state index contributed by atoms with van der Waals surface area (Å²) >= 11 is 2.62. The fourth-order valence-corrected chi connectivity index (χ4v) is 4.62. The minimum atomic E-state index is -0.305. The van der Waals surface area contributed by atoms with E-state index in [1.54, 1.807) is 16.7 Å². The third kappa shape index (κ3) is 4.44. The molecule has 0 aliphatic heterocycles. The van der Waals surface area contributed by atoms with E-state index in [9.17, 15) is 14.0 Å². The highest BCUT2D eigenvalue weighted by molar-refractivity contribution is 7.99. The van der Waals surface area contributed by atoms with Crippen LogP contribution in [0.5, 0.6) is 0 Å². The Morgan fingerprint density at radius 2 is 2.00 bits per heavy atom. The molecule has 1 atom stereocenters. The molecule has 1 aromatic carbocycles. The predicted octanol–water partition coefficient (Wildman–Crippen LogP) is 4.22. The Bertz CT molecular complexity index is 1030. The van der Waals surface area contributed by atoms with E-state index in [2.05, 4.69) is 10.3 Å². The van der Waals surface area contributed by atoms with Crippen molar-refractivity contribution in [3.63, 3.8) is 0 Å². The van der Waals surface area contributed by atoms with E-state index >= 15 is 0 Å². The minimum absolute atomic E-state index is 0.0724. The first-order valence-corrected chi connectivity index (χ1v) is 10.9. The van der Waals surface area contributed by atoms with E-state index in [4.69, 9.17) is 0 Å². The van der Waals surface area contributed by atoms with Crippen LogP contribution < -0.4 is 10.9 Å². The second-order valence-electron chi connectivity index (χ2n) is 6.71. The van der Waals surface area contributed by atoms with Crippen LogP contribution in [-0.4, -0.2) is 21.2 Å². The summed E-state index contributed by atoms with van der Waals surface area (Å²) in [5.41, 5.74) is 1.45. The molecule has 0 aliphatic rings. The maximum absolute atomic E-state index is 13.2. The number of nitrogens with one attached hydrogen (secondary N) is 1. The molecular formula is C20H22FN3O2S2. The molecule has 5 nitrogen and oxygen atoms in total. The van der Waals surface area contributed by atoms with Crippen LogP contribution in [0.4, 0.5) is 4.39 Å². The molecule has 28 heavy (non-hydrogen) atoms. The van der Waals surface area contributed by atoms with Gasteiger partial charge in [-0.3, -0.25) is 14.2 Å². The lowest BCUT2D eigenvalue weighted by atomic mass is 9.96. The highest BCUT2D eigenvalue weighted by Crippen LogP contribution is 2.24. The van der Waals surface area contributed by atoms with Gasteiger partial charge >= 0.3 is 0 Å². The van der Waals surface area contributed by atoms with Gasteiger partial charge in [0, 0.05) is 6.54 Å². The van der Waals surface area contributed by atoms with Crippen molar-refractivity contribution in [2.24, 2.45) is 5.92 Å². The van der Waals surface area contributed by atoms with E-state index in [1.165, 1.54) is 35.2 Å². The number of rotatable bonds is 7. The Morgan fingerprint density at radius 3 is 2.64 bits per heavy atom. The molecule has 0 bridgehead atoms. The Hall–Kier alpha value is -2.19. The number of carbonyl (C=O) groups excluding carboxylic acids is 1. The first kappa shape index (κ1) is 20.5. The number of aromatic nitrogens is 2. The first-order valence-electron chi connectivity index (χ1n) is 9.06. The molecule has 0 saturated carbocycles. The fraction of sp³-hybridized carbons (Fsp3) is 0.350. The Morgan fingerprint density at radius 1 is 1.29 bits per heavy atom. The molecular weight excluding hydrogens is 397 g/mol. The highest BCUT2D eigenvalue weighted by Gasteiger charge is 2.19. The van der Waals surface area contributed by atoms with Gasteiger partial charge in [0.05, 0.1) is 17.3 Å². The van der Waals surface area contributed by atoms with E-state index < -0.39 is 0 Å². The molecule has 148 valence electrons. The number of carbonyl (C=O) groups is 1. The average molecular weight is 420 g/mol. The summed E-state index contributed by atoms with van der Waals surface area (Å²) in [5.74, 6) is -0.170. The van der Waals surface area contributed by atoms with Gasteiger partial charge in [0.1, 0.15) is 10.5 Å². The van der Waals surface area contributed by atoms with Crippen molar-refractivity contribution in [2.45, 2.75) is 38.5 Å². The van der Waals surface area contributed by atoms with Crippen LogP contribution in [0.15, 0.2) is 45.7 Å². The zero-order chi connectivity index (χ0) is 20.3. The molecule has 3 aromatic rings. The molecule has 0 radical (unpaired) electrons. The van der Waals surface area contributed by atoms with Gasteiger partial charge in [0.2, 0.25) is 5.91 Å². The summed E-state index contributed by atoms with van der Waals surface area (Å²) in [6.07, 6.45) is 0. The maximum atomic E-state index is 13.2. The highest BCUT2D eigenvalue weighted by atomic mass is 32.2. The summed E-state index contributed by atoms with van der Waals surface area (Å²) in [5, 5.41) is 5.39. The molecule has 2 aromatic heterocycles. The Balaban J connectivity index is 1.73. The quantitative estimate of drug-likeness (QED) is 0.460. The van der Waals surface area contributed by atoms with Crippen molar-refractivity contribution in [1.29, 1.82) is 0 Å². The van der Waals surface area contributed by atoms with Gasteiger partial charge in [-0.2, -0.15) is 0 Å². The molecule has 1 unspecified atom stereocenters. The van der Waals surface area contributed by atoms with Crippen LogP contribution in [0.3, 0.4) is 0 Å². The van der Waals surface area contributed by atoms with E-state index in [0.29, 0.717) is 21.9 Å². The van der Waals surface area contributed by atoms with Crippen LogP contribution in [0.25, 0.3) is 10.2 Å². The van der Waals surface area contributed by atoms with Crippen molar-refractivity contribution in [3.8, 4) is 0 Å². The van der Waals surface area contributed by atoms with Crippen LogP contribution in [0.2, 0.25) is 0 Å². The van der Waals surface area contributed by atoms with Gasteiger partial charge in [0.15, 0.2) is 5.16 Å². The van der Waals surface area contributed by atoms with Crippen LogP contribution in [0, 0.1) is 11.7 Å². The number of hydrogen-bond donors (Lipinski definition) is 1. The van der Waals surface area contributed by atoms with Crippen LogP contribution >= 0.6 is 23.1 Å². The van der Waals surface area contributed by atoms with Gasteiger partial charge in [-0.05, 0) is 42.0 Å². The summed E-state index contributed by atoms with van der Waals surface area (Å²) in [4.78, 5) is 29.6. The van der Waals surface area contributed by atoms with E-state index in [-0.39, 0.29) is 35.0 Å². The zero-order valence-corrected chi connectivity index (χ0v) is 17.6. The van der Waals surface area contributed by atoms with Crippen molar-refractivity contribution < 1.29 is 9.18 Å². The molecule has 1 amide bonds. The molecule has 1 N–H and O–H groups in total. The summed E-state index contributed by atoms with van der Waals surface area (Å²) in [7, 11) is 0. The molecule has 0 saturated heterocycles. The molecule has 0 fully saturated rings. The van der Waals surface area contributed by atoms with Crippen molar-refractivity contribution in [1.82, 2.24) is 14.9 Å². The lowest BCUT2D eigenvalue weighted by Crippen LogP contribution is -2.33. The topological polar surface area (TPSA) is 64.0 Å². The van der Waals surface area contributed by atoms with E-state index in [0.717, 1.165) is 5.56 Å². The molecule has 0 aliphatic carbocycles. The number of thiophene rings is 1. The number of thioether (sulfide) groups is 1. The van der Waals surface area contributed by atoms with Gasteiger partial charge in [-0.25, -0.2) is 9.37 Å². The molecule has 8 heteroatoms. The molecule has 0 spiro atoms. The number of halogens is 1. The van der Waals surface area contributed by atoms with Crippen molar-refractivity contribution >= 4 is 39.2 Å². The Labute approximate surface area is 171 Å². The normalized spacial score (nSPS) is 12.5. The second kappa shape index (κ2) is 8.87. The average Bonchev–Trinajstić information content (AvgIpc) is 3.14. The van der Waals surface area contributed by atoms with Crippen molar-refractivity contribution in [2.75, 3.05) is 5.75 Å². The number of fused-ring (bicyclic) bond motifs is 1. The molecule has 3 rings (SSSR count). The SMILES string of the molecule is CCn1c(SCC(=O)NC(c2ccc(F)cc2)C(C)C)nc2ccsc2c1=O. The third-order valence-corrected chi connectivity index (χ3v) is 6.26. The van der Waals surface area contributed by atoms with Gasteiger partial charge in [0.25, 0.3) is 5.56 Å². The largest absolute Gasteiger partial charge is 0.348 e. The smallest absolute Gasteiger partial charge is 0.272 e. The van der Waals surface area contributed by atoms with Crippen LogP contribution in [0.1, 0.15) is 32.4 Å². The summed E-state index contributed by atoms with van der Waals surface area (Å²) in [6.45, 7) is 6.38. The predicted molar refractivity (Wildman–Crippen MR) is 112 cm³/mol. The summed E-state index contributed by atoms with van der Waals surface area (Å²) < 4.78 is 15.4. The van der Waals surface area contributed by atoms with Gasteiger partial charge < -0.3 is 5.32 Å². The van der Waals surface area contributed by atoms with E-state index in [1.807, 2.05) is 32.2 Å². The third-order valence-electron chi connectivity index (χ3n) is 4.39. The zero-order valence-electron chi connectivity index (χ0n) is 15.9. The van der Waals surface area contributed by atoms with Gasteiger partial charge in [-0.15, -0.1) is 11.3 Å². The fourth-order valence-electron chi connectivity index (χ4n) is 2.96. The maximum Gasteiger partial charge on any atom is 0.272 e. The summed E-state index contributed by atoms with van der Waals surface area (Å²) in [6, 6.07) is 7.77. The lowest BCUT2D eigenvalue weighted by molar-refractivity contribution is -0.119. The number of benzene rings is 1. The lowest BCUT2D eigenvalue weighted by Gasteiger charge is -2.23. The molecule has 2 heterocycles. The van der Waals surface area contributed by atoms with Crippen molar-refractivity contribution in [3.05, 3.63) is 57.4 Å². The minimum Gasteiger partial charge on any atom is -0.348 e. The monoisotopic (exact) mass is 419 g/mol. The number of amides is 1.